The number of rotatable bonds is 2. The standard InChI is InChI=1S/C18H16O4S/c1-9-5-17-13(7-15(9)21-11(3)19)14-8-16(22-12(4)20)10(2)6-18(14)23-17/h5-8H,1-4H3. The molecule has 23 heavy (non-hydrogen) atoms. The summed E-state index contributed by atoms with van der Waals surface area (Å²) in [5.41, 5.74) is 1.83. The van der Waals surface area contributed by atoms with E-state index in [1.165, 1.54) is 13.8 Å². The van der Waals surface area contributed by atoms with Crippen LogP contribution < -0.4 is 9.47 Å². The number of carbonyl (C=O) groups is 2. The maximum absolute atomic E-state index is 11.2. The number of carbonyl (C=O) groups excluding carboxylic acids is 2. The quantitative estimate of drug-likeness (QED) is 0.512. The Balaban J connectivity index is 2.25. The summed E-state index contributed by atoms with van der Waals surface area (Å²) in [7, 11) is 0. The van der Waals surface area contributed by atoms with E-state index in [1.807, 2.05) is 38.1 Å². The van der Waals surface area contributed by atoms with Crippen LogP contribution in [0.3, 0.4) is 0 Å². The van der Waals surface area contributed by atoms with Crippen LogP contribution in [0.1, 0.15) is 25.0 Å². The number of fused-ring (bicyclic) bond motifs is 3. The lowest BCUT2D eigenvalue weighted by Crippen LogP contribution is -2.02. The molecule has 0 aliphatic carbocycles. The van der Waals surface area contributed by atoms with Gasteiger partial charge in [0.25, 0.3) is 0 Å². The van der Waals surface area contributed by atoms with Gasteiger partial charge in [0.05, 0.1) is 0 Å². The van der Waals surface area contributed by atoms with Gasteiger partial charge in [0.2, 0.25) is 0 Å². The Morgan fingerprint density at radius 1 is 0.783 bits per heavy atom. The average molecular weight is 328 g/mol. The third kappa shape index (κ3) is 2.92. The third-order valence-electron chi connectivity index (χ3n) is 3.57. The maximum Gasteiger partial charge on any atom is 0.308 e. The number of aryl methyl sites for hydroxylation is 2. The minimum absolute atomic E-state index is 0.344. The van der Waals surface area contributed by atoms with Gasteiger partial charge in [-0.2, -0.15) is 0 Å². The molecule has 0 spiro atoms. The van der Waals surface area contributed by atoms with Crippen molar-refractivity contribution in [1.29, 1.82) is 0 Å². The van der Waals surface area contributed by atoms with Crippen molar-refractivity contribution < 1.29 is 19.1 Å². The lowest BCUT2D eigenvalue weighted by molar-refractivity contribution is -0.132. The molecule has 1 aromatic heterocycles. The topological polar surface area (TPSA) is 52.6 Å². The van der Waals surface area contributed by atoms with Gasteiger partial charge in [0, 0.05) is 34.0 Å². The molecule has 4 nitrogen and oxygen atoms in total. The molecule has 118 valence electrons. The number of ether oxygens (including phenoxy) is 2. The summed E-state index contributed by atoms with van der Waals surface area (Å²) >= 11 is 1.66. The number of hydrogen-bond acceptors (Lipinski definition) is 5. The highest BCUT2D eigenvalue weighted by Gasteiger charge is 2.13. The van der Waals surface area contributed by atoms with Crippen molar-refractivity contribution in [3.05, 3.63) is 35.4 Å². The summed E-state index contributed by atoms with van der Waals surface area (Å²) < 4.78 is 12.7. The molecule has 0 bridgehead atoms. The molecule has 0 aliphatic rings. The molecule has 0 fully saturated rings. The molecule has 1 heterocycles. The van der Waals surface area contributed by atoms with Gasteiger partial charge < -0.3 is 9.47 Å². The fraction of sp³-hybridized carbons (Fsp3) is 0.222. The Kier molecular flexibility index (Phi) is 3.82. The van der Waals surface area contributed by atoms with Crippen LogP contribution in [-0.4, -0.2) is 11.9 Å². The summed E-state index contributed by atoms with van der Waals surface area (Å²) in [6.45, 7) is 6.60. The third-order valence-corrected chi connectivity index (χ3v) is 4.69. The van der Waals surface area contributed by atoms with Crippen LogP contribution in [0.15, 0.2) is 24.3 Å². The van der Waals surface area contributed by atoms with Crippen molar-refractivity contribution in [3.63, 3.8) is 0 Å². The van der Waals surface area contributed by atoms with Crippen LogP contribution in [0, 0.1) is 13.8 Å². The molecule has 0 aliphatic heterocycles. The van der Waals surface area contributed by atoms with Gasteiger partial charge in [-0.1, -0.05) is 0 Å². The Labute approximate surface area is 137 Å². The van der Waals surface area contributed by atoms with Crippen molar-refractivity contribution in [2.75, 3.05) is 0 Å². The Morgan fingerprint density at radius 2 is 1.17 bits per heavy atom. The monoisotopic (exact) mass is 328 g/mol. The van der Waals surface area contributed by atoms with Crippen molar-refractivity contribution >= 4 is 43.4 Å². The van der Waals surface area contributed by atoms with Gasteiger partial charge in [-0.05, 0) is 49.2 Å². The molecule has 0 radical (unpaired) electrons. The lowest BCUT2D eigenvalue weighted by atomic mass is 10.1. The molecule has 5 heteroatoms. The van der Waals surface area contributed by atoms with Crippen molar-refractivity contribution in [2.24, 2.45) is 0 Å². The lowest BCUT2D eigenvalue weighted by Gasteiger charge is -2.07. The van der Waals surface area contributed by atoms with Gasteiger partial charge >= 0.3 is 11.9 Å². The summed E-state index contributed by atoms with van der Waals surface area (Å²) in [5.74, 6) is 0.422. The van der Waals surface area contributed by atoms with E-state index in [-0.39, 0.29) is 11.9 Å². The molecule has 0 amide bonds. The van der Waals surface area contributed by atoms with E-state index in [4.69, 9.17) is 9.47 Å². The second kappa shape index (κ2) is 5.66. The van der Waals surface area contributed by atoms with Crippen LogP contribution in [0.5, 0.6) is 11.5 Å². The van der Waals surface area contributed by atoms with Gasteiger partial charge in [0.1, 0.15) is 11.5 Å². The number of benzene rings is 2. The summed E-state index contributed by atoms with van der Waals surface area (Å²) in [5, 5.41) is 1.97. The first-order valence-electron chi connectivity index (χ1n) is 7.19. The van der Waals surface area contributed by atoms with E-state index in [0.29, 0.717) is 11.5 Å². The zero-order valence-electron chi connectivity index (χ0n) is 13.4. The minimum Gasteiger partial charge on any atom is -0.426 e. The number of thiophene rings is 1. The first-order valence-corrected chi connectivity index (χ1v) is 8.01. The van der Waals surface area contributed by atoms with Crippen LogP contribution in [-0.2, 0) is 9.59 Å². The molecule has 2 aromatic carbocycles. The first kappa shape index (κ1) is 15.5. The second-order valence-electron chi connectivity index (χ2n) is 5.52. The number of hydrogen-bond donors (Lipinski definition) is 0. The maximum atomic E-state index is 11.2. The Bertz CT molecular complexity index is 876. The Hall–Kier alpha value is -2.40. The van der Waals surface area contributed by atoms with Crippen LogP contribution >= 0.6 is 11.3 Å². The largest absolute Gasteiger partial charge is 0.426 e. The van der Waals surface area contributed by atoms with E-state index < -0.39 is 0 Å². The van der Waals surface area contributed by atoms with Crippen molar-refractivity contribution in [1.82, 2.24) is 0 Å². The van der Waals surface area contributed by atoms with E-state index in [2.05, 4.69) is 0 Å². The molecule has 0 N–H and O–H groups in total. The first-order chi connectivity index (χ1) is 10.8. The SMILES string of the molecule is CC(=O)Oc1cc2c(cc1C)sc1cc(C)c(OC(C)=O)cc12. The second-order valence-corrected chi connectivity index (χ2v) is 6.60. The zero-order valence-corrected chi connectivity index (χ0v) is 14.2. The molecular weight excluding hydrogens is 312 g/mol. The van der Waals surface area contributed by atoms with Gasteiger partial charge in [-0.15, -0.1) is 11.3 Å². The van der Waals surface area contributed by atoms with Gasteiger partial charge in [-0.3, -0.25) is 9.59 Å². The van der Waals surface area contributed by atoms with E-state index >= 15 is 0 Å². The highest BCUT2D eigenvalue weighted by molar-refractivity contribution is 7.25. The average Bonchev–Trinajstić information content (AvgIpc) is 2.75. The molecule has 3 rings (SSSR count). The predicted octanol–water partition coefficient (Wildman–Crippen LogP) is 4.52. The van der Waals surface area contributed by atoms with Gasteiger partial charge in [0.15, 0.2) is 0 Å². The fourth-order valence-electron chi connectivity index (χ4n) is 2.56. The molecule has 0 unspecified atom stereocenters. The van der Waals surface area contributed by atoms with Crippen LogP contribution in [0.2, 0.25) is 0 Å². The molecule has 0 saturated heterocycles. The highest BCUT2D eigenvalue weighted by atomic mass is 32.1. The molecular formula is C18H16O4S. The van der Waals surface area contributed by atoms with E-state index in [9.17, 15) is 9.59 Å². The zero-order chi connectivity index (χ0) is 16.7. The van der Waals surface area contributed by atoms with Crippen LogP contribution in [0.4, 0.5) is 0 Å². The normalized spacial score (nSPS) is 11.0. The van der Waals surface area contributed by atoms with Crippen LogP contribution in [0.25, 0.3) is 20.2 Å². The summed E-state index contributed by atoms with van der Waals surface area (Å²) in [6, 6.07) is 7.77. The van der Waals surface area contributed by atoms with E-state index in [0.717, 1.165) is 31.3 Å². The smallest absolute Gasteiger partial charge is 0.308 e. The molecule has 0 saturated carbocycles. The molecule has 0 atom stereocenters. The van der Waals surface area contributed by atoms with Crippen molar-refractivity contribution in [2.45, 2.75) is 27.7 Å². The van der Waals surface area contributed by atoms with E-state index in [1.54, 1.807) is 11.3 Å². The minimum atomic E-state index is -0.344. The molecule has 3 aromatic rings. The summed E-state index contributed by atoms with van der Waals surface area (Å²) in [4.78, 5) is 22.5. The van der Waals surface area contributed by atoms with Crippen molar-refractivity contribution in [3.8, 4) is 11.5 Å². The number of esters is 2. The van der Waals surface area contributed by atoms with Gasteiger partial charge in [-0.25, -0.2) is 0 Å². The highest BCUT2D eigenvalue weighted by Crippen LogP contribution is 2.40. The Morgan fingerprint density at radius 3 is 1.52 bits per heavy atom. The predicted molar refractivity (Wildman–Crippen MR) is 91.4 cm³/mol. The fourth-order valence-corrected chi connectivity index (χ4v) is 3.83. The summed E-state index contributed by atoms with van der Waals surface area (Å²) in [6.07, 6.45) is 0.